The van der Waals surface area contributed by atoms with Crippen LogP contribution < -0.4 is 4.74 Å². The van der Waals surface area contributed by atoms with Crippen molar-refractivity contribution in [3.8, 4) is 5.75 Å². The summed E-state index contributed by atoms with van der Waals surface area (Å²) in [7, 11) is 0. The molecule has 36 heavy (non-hydrogen) atoms. The minimum Gasteiger partial charge on any atom is -0.484 e. The molecule has 2 aliphatic rings. The monoisotopic (exact) mass is 486 g/mol. The Hall–Kier alpha value is -3.61. The lowest BCUT2D eigenvalue weighted by molar-refractivity contribution is -0.135. The average molecular weight is 487 g/mol. The van der Waals surface area contributed by atoms with Gasteiger partial charge in [0, 0.05) is 43.6 Å². The smallest absolute Gasteiger partial charge is 0.260 e. The predicted octanol–water partition coefficient (Wildman–Crippen LogP) is 4.24. The van der Waals surface area contributed by atoms with Gasteiger partial charge in [0.25, 0.3) is 11.8 Å². The van der Waals surface area contributed by atoms with E-state index in [2.05, 4.69) is 10.00 Å². The van der Waals surface area contributed by atoms with E-state index in [9.17, 15) is 9.59 Å². The average Bonchev–Trinajstić information content (AvgIpc) is 3.45. The number of aromatic nitrogens is 2. The molecule has 2 aliphatic heterocycles. The van der Waals surface area contributed by atoms with E-state index in [1.165, 1.54) is 0 Å². The van der Waals surface area contributed by atoms with Crippen molar-refractivity contribution in [2.45, 2.75) is 44.7 Å². The van der Waals surface area contributed by atoms with Crippen molar-refractivity contribution in [3.05, 3.63) is 84.2 Å². The summed E-state index contributed by atoms with van der Waals surface area (Å²) in [4.78, 5) is 30.2. The number of carbonyl (C=O) groups is 2. The van der Waals surface area contributed by atoms with Crippen LogP contribution in [0.4, 0.5) is 0 Å². The van der Waals surface area contributed by atoms with Crippen LogP contribution in [-0.4, -0.2) is 63.7 Å². The van der Waals surface area contributed by atoms with Crippen LogP contribution in [0.25, 0.3) is 0 Å². The van der Waals surface area contributed by atoms with Crippen LogP contribution in [0.5, 0.6) is 5.75 Å². The summed E-state index contributed by atoms with van der Waals surface area (Å²) < 4.78 is 7.53. The Bertz CT molecular complexity index is 1120. The highest BCUT2D eigenvalue weighted by Gasteiger charge is 2.35. The number of likely N-dealkylation sites (tertiary alicyclic amines) is 2. The fourth-order valence-corrected chi connectivity index (χ4v) is 5.49. The number of piperidine rings is 2. The molecule has 3 heterocycles. The molecule has 0 aliphatic carbocycles. The van der Waals surface area contributed by atoms with Gasteiger partial charge in [0.1, 0.15) is 5.75 Å². The molecule has 0 bridgehead atoms. The molecule has 2 amide bonds. The van der Waals surface area contributed by atoms with Crippen LogP contribution in [0.2, 0.25) is 0 Å². The highest BCUT2D eigenvalue weighted by Crippen LogP contribution is 2.31. The minimum absolute atomic E-state index is 0.0316. The topological polar surface area (TPSA) is 67.7 Å². The van der Waals surface area contributed by atoms with Crippen molar-refractivity contribution in [1.82, 2.24) is 19.6 Å². The summed E-state index contributed by atoms with van der Waals surface area (Å²) in [5, 5.41) is 4.25. The summed E-state index contributed by atoms with van der Waals surface area (Å²) in [6.45, 7) is 3.02. The van der Waals surface area contributed by atoms with E-state index in [1.54, 1.807) is 6.20 Å². The number of carbonyl (C=O) groups excluding carboxylic acids is 2. The first-order valence-electron chi connectivity index (χ1n) is 13.0. The maximum atomic E-state index is 13.5. The summed E-state index contributed by atoms with van der Waals surface area (Å²) >= 11 is 0. The van der Waals surface area contributed by atoms with E-state index in [1.807, 2.05) is 76.4 Å². The summed E-state index contributed by atoms with van der Waals surface area (Å²) in [6.07, 6.45) is 8.80. The molecule has 2 saturated heterocycles. The van der Waals surface area contributed by atoms with Crippen molar-refractivity contribution < 1.29 is 14.3 Å². The predicted molar refractivity (Wildman–Crippen MR) is 138 cm³/mol. The highest BCUT2D eigenvalue weighted by molar-refractivity contribution is 5.94. The van der Waals surface area contributed by atoms with Crippen molar-refractivity contribution in [3.63, 3.8) is 0 Å². The Morgan fingerprint density at radius 3 is 2.39 bits per heavy atom. The number of nitrogens with zero attached hydrogens (tertiary/aromatic N) is 4. The van der Waals surface area contributed by atoms with Gasteiger partial charge in [-0.25, -0.2) is 0 Å². The summed E-state index contributed by atoms with van der Waals surface area (Å²) in [5.41, 5.74) is 1.87. The number of hydrogen-bond donors (Lipinski definition) is 0. The number of hydrogen-bond acceptors (Lipinski definition) is 4. The first-order chi connectivity index (χ1) is 17.7. The zero-order valence-corrected chi connectivity index (χ0v) is 20.7. The lowest BCUT2D eigenvalue weighted by Crippen LogP contribution is -2.51. The fraction of sp³-hybridized carbons (Fsp3) is 0.414. The van der Waals surface area contributed by atoms with Gasteiger partial charge < -0.3 is 14.5 Å². The van der Waals surface area contributed by atoms with Crippen molar-refractivity contribution in [2.75, 3.05) is 26.2 Å². The van der Waals surface area contributed by atoms with Gasteiger partial charge in [-0.05, 0) is 73.9 Å². The number of para-hydroxylation sites is 1. The fourth-order valence-electron chi connectivity index (χ4n) is 5.49. The normalized spacial score (nSPS) is 18.7. The summed E-state index contributed by atoms with van der Waals surface area (Å²) in [5.74, 6) is 1.29. The Labute approximate surface area is 212 Å². The van der Waals surface area contributed by atoms with Crippen LogP contribution in [0.15, 0.2) is 73.1 Å². The second-order valence-electron chi connectivity index (χ2n) is 9.78. The van der Waals surface area contributed by atoms with Gasteiger partial charge in [-0.15, -0.1) is 0 Å². The summed E-state index contributed by atoms with van der Waals surface area (Å²) in [6, 6.07) is 19.5. The van der Waals surface area contributed by atoms with Crippen molar-refractivity contribution in [2.24, 2.45) is 5.92 Å². The van der Waals surface area contributed by atoms with Crippen LogP contribution in [0, 0.1) is 5.92 Å². The zero-order valence-electron chi connectivity index (χ0n) is 20.7. The van der Waals surface area contributed by atoms with Gasteiger partial charge in [-0.3, -0.25) is 14.3 Å². The molecular formula is C29H34N4O3. The van der Waals surface area contributed by atoms with Gasteiger partial charge in [0.15, 0.2) is 6.61 Å². The molecule has 0 N–H and O–H groups in total. The van der Waals surface area contributed by atoms with Crippen LogP contribution in [0.1, 0.15) is 48.0 Å². The quantitative estimate of drug-likeness (QED) is 0.501. The molecule has 3 aromatic rings. The molecule has 7 heteroatoms. The van der Waals surface area contributed by atoms with Crippen molar-refractivity contribution >= 4 is 11.8 Å². The van der Waals surface area contributed by atoms with E-state index in [0.29, 0.717) is 18.2 Å². The number of amides is 2. The SMILES string of the molecule is O=C(COc1ccccc1)N1CCC([C@H]2CCCCN2C(=O)c2ccc(Cn3cccn3)cc2)CC1. The molecule has 0 saturated carbocycles. The number of rotatable bonds is 7. The number of benzene rings is 2. The first-order valence-corrected chi connectivity index (χ1v) is 13.0. The van der Waals surface area contributed by atoms with Crippen LogP contribution >= 0.6 is 0 Å². The molecule has 5 rings (SSSR count). The van der Waals surface area contributed by atoms with Crippen molar-refractivity contribution in [1.29, 1.82) is 0 Å². The van der Waals surface area contributed by atoms with Crippen LogP contribution in [0.3, 0.4) is 0 Å². The molecule has 1 atom stereocenters. The van der Waals surface area contributed by atoms with Crippen LogP contribution in [-0.2, 0) is 11.3 Å². The van der Waals surface area contributed by atoms with E-state index < -0.39 is 0 Å². The van der Waals surface area contributed by atoms with E-state index in [4.69, 9.17) is 4.74 Å². The minimum atomic E-state index is 0.0316. The number of ether oxygens (including phenoxy) is 1. The van der Waals surface area contributed by atoms with Gasteiger partial charge in [0.05, 0.1) is 6.54 Å². The largest absolute Gasteiger partial charge is 0.484 e. The Morgan fingerprint density at radius 1 is 0.889 bits per heavy atom. The maximum Gasteiger partial charge on any atom is 0.260 e. The molecule has 188 valence electrons. The standard InChI is InChI=1S/C29H34N4O3/c34-28(22-36-26-7-2-1-3-8-26)31-19-14-24(15-20-31)27-9-4-5-18-33(27)29(35)25-12-10-23(11-13-25)21-32-17-6-16-30-32/h1-3,6-8,10-13,16-17,24,27H,4-5,9,14-15,18-22H2/t27-/m1/s1. The molecule has 0 radical (unpaired) electrons. The highest BCUT2D eigenvalue weighted by atomic mass is 16.5. The molecule has 1 aromatic heterocycles. The van der Waals surface area contributed by atoms with Gasteiger partial charge in [-0.2, -0.15) is 5.10 Å². The molecule has 7 nitrogen and oxygen atoms in total. The molecular weight excluding hydrogens is 452 g/mol. The molecule has 0 spiro atoms. The molecule has 2 aromatic carbocycles. The maximum absolute atomic E-state index is 13.5. The van der Waals surface area contributed by atoms with E-state index in [-0.39, 0.29) is 24.5 Å². The van der Waals surface area contributed by atoms with E-state index in [0.717, 1.165) is 62.9 Å². The Kier molecular flexibility index (Phi) is 7.64. The van der Waals surface area contributed by atoms with Gasteiger partial charge in [-0.1, -0.05) is 30.3 Å². The molecule has 0 unspecified atom stereocenters. The lowest BCUT2D eigenvalue weighted by Gasteiger charge is -2.43. The second-order valence-corrected chi connectivity index (χ2v) is 9.78. The first kappa shape index (κ1) is 24.1. The van der Waals surface area contributed by atoms with Gasteiger partial charge >= 0.3 is 0 Å². The molecule has 2 fully saturated rings. The third kappa shape index (κ3) is 5.78. The third-order valence-corrected chi connectivity index (χ3v) is 7.46. The van der Waals surface area contributed by atoms with Gasteiger partial charge in [0.2, 0.25) is 0 Å². The third-order valence-electron chi connectivity index (χ3n) is 7.46. The Morgan fingerprint density at radius 2 is 1.67 bits per heavy atom. The second kappa shape index (κ2) is 11.4. The van der Waals surface area contributed by atoms with E-state index >= 15 is 0 Å². The Balaban J connectivity index is 1.16. The lowest BCUT2D eigenvalue weighted by atomic mass is 9.83. The zero-order chi connectivity index (χ0) is 24.7.